The van der Waals surface area contributed by atoms with Crippen LogP contribution in [0.5, 0.6) is 0 Å². The first kappa shape index (κ1) is 13.9. The predicted molar refractivity (Wildman–Crippen MR) is 75.8 cm³/mol. The Morgan fingerprint density at radius 2 is 2.26 bits per heavy atom. The van der Waals surface area contributed by atoms with Crippen molar-refractivity contribution >= 4 is 6.03 Å². The SMILES string of the molecule is Cc1cc2c(n1CCNC(N)=O)CC(C)(C)CC2N. The van der Waals surface area contributed by atoms with Gasteiger partial charge in [-0.3, -0.25) is 0 Å². The lowest BCUT2D eigenvalue weighted by molar-refractivity contribution is 0.248. The zero-order valence-corrected chi connectivity index (χ0v) is 12.0. The number of aromatic nitrogens is 1. The molecule has 0 fully saturated rings. The third kappa shape index (κ3) is 2.92. The van der Waals surface area contributed by atoms with Crippen molar-refractivity contribution in [2.75, 3.05) is 6.54 Å². The highest BCUT2D eigenvalue weighted by molar-refractivity contribution is 5.71. The smallest absolute Gasteiger partial charge is 0.312 e. The van der Waals surface area contributed by atoms with E-state index in [1.54, 1.807) is 0 Å². The van der Waals surface area contributed by atoms with Gasteiger partial charge in [0, 0.05) is 30.5 Å². The molecule has 5 N–H and O–H groups in total. The van der Waals surface area contributed by atoms with Gasteiger partial charge in [-0.05, 0) is 36.8 Å². The number of nitrogens with one attached hydrogen (secondary N) is 1. The largest absolute Gasteiger partial charge is 0.352 e. The lowest BCUT2D eigenvalue weighted by atomic mass is 9.74. The molecule has 0 spiro atoms. The van der Waals surface area contributed by atoms with E-state index in [9.17, 15) is 4.79 Å². The second-order valence-electron chi connectivity index (χ2n) is 6.28. The molecule has 106 valence electrons. The van der Waals surface area contributed by atoms with E-state index in [0.29, 0.717) is 6.54 Å². The van der Waals surface area contributed by atoms with Crippen LogP contribution in [0.15, 0.2) is 6.07 Å². The summed E-state index contributed by atoms with van der Waals surface area (Å²) in [5.41, 5.74) is 15.4. The molecule has 1 heterocycles. The zero-order valence-electron chi connectivity index (χ0n) is 12.0. The second kappa shape index (κ2) is 4.89. The van der Waals surface area contributed by atoms with E-state index in [1.165, 1.54) is 17.0 Å². The first-order chi connectivity index (χ1) is 8.80. The van der Waals surface area contributed by atoms with E-state index in [-0.39, 0.29) is 11.5 Å². The summed E-state index contributed by atoms with van der Waals surface area (Å²) in [6.07, 6.45) is 2.05. The molecule has 0 bridgehead atoms. The van der Waals surface area contributed by atoms with Gasteiger partial charge in [0.1, 0.15) is 0 Å². The monoisotopic (exact) mass is 264 g/mol. The van der Waals surface area contributed by atoms with Crippen LogP contribution in [0.1, 0.15) is 43.3 Å². The Labute approximate surface area is 114 Å². The van der Waals surface area contributed by atoms with Crippen molar-refractivity contribution in [2.24, 2.45) is 16.9 Å². The molecule has 1 atom stereocenters. The van der Waals surface area contributed by atoms with E-state index in [0.717, 1.165) is 19.4 Å². The van der Waals surface area contributed by atoms with Gasteiger partial charge in [0.15, 0.2) is 0 Å². The Balaban J connectivity index is 2.23. The highest BCUT2D eigenvalue weighted by Crippen LogP contribution is 2.40. The van der Waals surface area contributed by atoms with Gasteiger partial charge in [-0.25, -0.2) is 4.79 Å². The van der Waals surface area contributed by atoms with E-state index < -0.39 is 6.03 Å². The summed E-state index contributed by atoms with van der Waals surface area (Å²) in [6.45, 7) is 7.89. The van der Waals surface area contributed by atoms with Gasteiger partial charge < -0.3 is 21.4 Å². The molecular formula is C14H24N4O. The van der Waals surface area contributed by atoms with Crippen LogP contribution < -0.4 is 16.8 Å². The number of primary amides is 1. The van der Waals surface area contributed by atoms with Crippen LogP contribution >= 0.6 is 0 Å². The summed E-state index contributed by atoms with van der Waals surface area (Å²) in [4.78, 5) is 10.7. The van der Waals surface area contributed by atoms with Gasteiger partial charge >= 0.3 is 6.03 Å². The van der Waals surface area contributed by atoms with Crippen molar-refractivity contribution in [1.29, 1.82) is 0 Å². The minimum absolute atomic E-state index is 0.114. The molecule has 19 heavy (non-hydrogen) atoms. The fourth-order valence-corrected chi connectivity index (χ4v) is 3.11. The third-order valence-corrected chi connectivity index (χ3v) is 3.90. The average Bonchev–Trinajstić information content (AvgIpc) is 2.55. The Morgan fingerprint density at radius 3 is 2.89 bits per heavy atom. The summed E-state index contributed by atoms with van der Waals surface area (Å²) < 4.78 is 2.26. The molecule has 1 aliphatic carbocycles. The highest BCUT2D eigenvalue weighted by atomic mass is 16.2. The molecule has 5 nitrogen and oxygen atoms in total. The summed E-state index contributed by atoms with van der Waals surface area (Å²) in [6, 6.07) is 1.82. The molecule has 2 amide bonds. The van der Waals surface area contributed by atoms with E-state index in [4.69, 9.17) is 11.5 Å². The Morgan fingerprint density at radius 1 is 1.58 bits per heavy atom. The molecular weight excluding hydrogens is 240 g/mol. The Hall–Kier alpha value is -1.49. The van der Waals surface area contributed by atoms with Crippen molar-refractivity contribution in [2.45, 2.75) is 46.2 Å². The fraction of sp³-hybridized carbons (Fsp3) is 0.643. The second-order valence-corrected chi connectivity index (χ2v) is 6.28. The number of nitrogens with two attached hydrogens (primary N) is 2. The van der Waals surface area contributed by atoms with Crippen LogP contribution in [-0.4, -0.2) is 17.1 Å². The molecule has 1 aromatic heterocycles. The lowest BCUT2D eigenvalue weighted by Crippen LogP contribution is -2.34. The van der Waals surface area contributed by atoms with Crippen molar-refractivity contribution in [3.8, 4) is 0 Å². The van der Waals surface area contributed by atoms with Crippen LogP contribution in [-0.2, 0) is 13.0 Å². The van der Waals surface area contributed by atoms with Gasteiger partial charge in [0.25, 0.3) is 0 Å². The lowest BCUT2D eigenvalue weighted by Gasteiger charge is -2.34. The first-order valence-corrected chi connectivity index (χ1v) is 6.78. The molecule has 0 saturated carbocycles. The number of fused-ring (bicyclic) bond motifs is 1. The van der Waals surface area contributed by atoms with E-state index in [2.05, 4.69) is 36.7 Å². The van der Waals surface area contributed by atoms with Gasteiger partial charge in [0.2, 0.25) is 0 Å². The molecule has 5 heteroatoms. The molecule has 0 radical (unpaired) electrons. The summed E-state index contributed by atoms with van der Waals surface area (Å²) in [5.74, 6) is 0. The van der Waals surface area contributed by atoms with Crippen LogP contribution in [0.3, 0.4) is 0 Å². The number of hydrogen-bond acceptors (Lipinski definition) is 2. The van der Waals surface area contributed by atoms with Crippen LogP contribution in [0, 0.1) is 12.3 Å². The number of amides is 2. The minimum atomic E-state index is -0.476. The average molecular weight is 264 g/mol. The fourth-order valence-electron chi connectivity index (χ4n) is 3.11. The van der Waals surface area contributed by atoms with Gasteiger partial charge in [-0.1, -0.05) is 13.8 Å². The predicted octanol–water partition coefficient (Wildman–Crippen LogP) is 1.44. The molecule has 1 aromatic rings. The zero-order chi connectivity index (χ0) is 14.2. The Kier molecular flexibility index (Phi) is 3.58. The summed E-state index contributed by atoms with van der Waals surface area (Å²) in [7, 11) is 0. The topological polar surface area (TPSA) is 86.1 Å². The normalized spacial score (nSPS) is 20.9. The third-order valence-electron chi connectivity index (χ3n) is 3.90. The summed E-state index contributed by atoms with van der Waals surface area (Å²) in [5, 5.41) is 2.64. The maximum atomic E-state index is 10.7. The quantitative estimate of drug-likeness (QED) is 0.771. The van der Waals surface area contributed by atoms with Crippen molar-refractivity contribution < 1.29 is 4.79 Å². The number of aryl methyl sites for hydroxylation is 1. The Bertz CT molecular complexity index is 490. The standard InChI is InChI=1S/C14H24N4O/c1-9-6-10-11(15)7-14(2,3)8-12(10)18(9)5-4-17-13(16)19/h6,11H,4-5,7-8,15H2,1-3H3,(H3,16,17,19). The molecule has 1 unspecified atom stereocenters. The first-order valence-electron chi connectivity index (χ1n) is 6.78. The molecule has 0 aromatic carbocycles. The summed E-state index contributed by atoms with van der Waals surface area (Å²) >= 11 is 0. The van der Waals surface area contributed by atoms with Gasteiger partial charge in [0.05, 0.1) is 0 Å². The number of nitrogens with zero attached hydrogens (tertiary/aromatic N) is 1. The van der Waals surface area contributed by atoms with Crippen molar-refractivity contribution in [3.05, 3.63) is 23.0 Å². The highest BCUT2D eigenvalue weighted by Gasteiger charge is 2.33. The molecule has 1 aliphatic rings. The van der Waals surface area contributed by atoms with Crippen LogP contribution in [0.4, 0.5) is 4.79 Å². The van der Waals surface area contributed by atoms with Gasteiger partial charge in [-0.15, -0.1) is 0 Å². The number of carbonyl (C=O) groups is 1. The number of hydrogen-bond donors (Lipinski definition) is 3. The molecule has 2 rings (SSSR count). The van der Waals surface area contributed by atoms with Crippen molar-refractivity contribution in [3.63, 3.8) is 0 Å². The number of carbonyl (C=O) groups excluding carboxylic acids is 1. The molecule has 0 aliphatic heterocycles. The maximum Gasteiger partial charge on any atom is 0.312 e. The van der Waals surface area contributed by atoms with Gasteiger partial charge in [-0.2, -0.15) is 0 Å². The van der Waals surface area contributed by atoms with E-state index in [1.807, 2.05) is 0 Å². The van der Waals surface area contributed by atoms with Crippen LogP contribution in [0.25, 0.3) is 0 Å². The maximum absolute atomic E-state index is 10.7. The minimum Gasteiger partial charge on any atom is -0.352 e. The van der Waals surface area contributed by atoms with Crippen molar-refractivity contribution in [1.82, 2.24) is 9.88 Å². The number of urea groups is 1. The number of rotatable bonds is 3. The van der Waals surface area contributed by atoms with Crippen LogP contribution in [0.2, 0.25) is 0 Å². The van der Waals surface area contributed by atoms with E-state index >= 15 is 0 Å². The molecule has 0 saturated heterocycles.